The van der Waals surface area contributed by atoms with Crippen LogP contribution in [0.25, 0.3) is 23.2 Å². The maximum absolute atomic E-state index is 12.8. The number of carbonyl (C=O) groups is 2. The molecule has 4 aromatic rings. The minimum Gasteiger partial charge on any atom is -0.406 e. The van der Waals surface area contributed by atoms with E-state index < -0.39 is 12.4 Å². The Morgan fingerprint density at radius 1 is 1.13 bits per heavy atom. The van der Waals surface area contributed by atoms with Crippen LogP contribution < -0.4 is 15.0 Å². The number of urea groups is 1. The van der Waals surface area contributed by atoms with E-state index in [-0.39, 0.29) is 29.9 Å². The highest BCUT2D eigenvalue weighted by atomic mass is 79.9. The van der Waals surface area contributed by atoms with Gasteiger partial charge < -0.3 is 10.1 Å². The molecule has 1 N–H and O–H groups in total. The Balaban J connectivity index is 1.20. The third-order valence-electron chi connectivity index (χ3n) is 6.74. The summed E-state index contributed by atoms with van der Waals surface area (Å²) in [4.78, 5) is 35.6. The second kappa shape index (κ2) is 13.9. The first-order chi connectivity index (χ1) is 21.9. The Morgan fingerprint density at radius 2 is 1.85 bits per heavy atom. The largest absolute Gasteiger partial charge is 0.573 e. The molecule has 0 saturated carbocycles. The van der Waals surface area contributed by atoms with E-state index in [4.69, 9.17) is 0 Å². The molecule has 0 unspecified atom stereocenters. The number of aliphatic imine (C=N–C) groups is 1. The molecular formula is C32H28BrF3N6O3S. The van der Waals surface area contributed by atoms with Crippen LogP contribution >= 0.6 is 27.7 Å². The molecule has 238 valence electrons. The van der Waals surface area contributed by atoms with Gasteiger partial charge in [0.05, 0.1) is 23.7 Å². The molecule has 2 heterocycles. The van der Waals surface area contributed by atoms with E-state index in [1.54, 1.807) is 0 Å². The van der Waals surface area contributed by atoms with Crippen molar-refractivity contribution in [1.29, 1.82) is 0 Å². The third-order valence-corrected chi connectivity index (χ3v) is 8.17. The lowest BCUT2D eigenvalue weighted by molar-refractivity contribution is -0.274. The van der Waals surface area contributed by atoms with Crippen molar-refractivity contribution in [3.05, 3.63) is 94.2 Å². The molecule has 1 aliphatic rings. The van der Waals surface area contributed by atoms with Gasteiger partial charge in [-0.25, -0.2) is 14.5 Å². The summed E-state index contributed by atoms with van der Waals surface area (Å²) in [6.07, 6.45) is -1.45. The number of nitrogens with one attached hydrogen (secondary N) is 1. The van der Waals surface area contributed by atoms with Crippen molar-refractivity contribution in [2.75, 3.05) is 17.2 Å². The minimum atomic E-state index is -4.76. The fourth-order valence-corrected chi connectivity index (χ4v) is 5.85. The molecule has 46 heavy (non-hydrogen) atoms. The molecule has 1 saturated heterocycles. The number of rotatable bonds is 8. The van der Waals surface area contributed by atoms with Crippen LogP contribution in [0.4, 0.5) is 23.7 Å². The predicted octanol–water partition coefficient (Wildman–Crippen LogP) is 7.85. The first-order valence-corrected chi connectivity index (χ1v) is 15.8. The maximum atomic E-state index is 12.8. The Bertz CT molecular complexity index is 1810. The van der Waals surface area contributed by atoms with Gasteiger partial charge >= 0.3 is 12.4 Å². The molecule has 0 spiro atoms. The summed E-state index contributed by atoms with van der Waals surface area (Å²) < 4.78 is 43.3. The van der Waals surface area contributed by atoms with Crippen LogP contribution in [0.1, 0.15) is 36.5 Å². The number of anilines is 1. The molecule has 5 rings (SSSR count). The molecule has 1 aromatic heterocycles. The molecule has 1 fully saturated rings. The average molecular weight is 714 g/mol. The molecular weight excluding hydrogens is 685 g/mol. The first-order valence-electron chi connectivity index (χ1n) is 14.0. The summed E-state index contributed by atoms with van der Waals surface area (Å²) >= 11 is 4.72. The van der Waals surface area contributed by atoms with E-state index in [0.717, 1.165) is 27.9 Å². The summed E-state index contributed by atoms with van der Waals surface area (Å²) in [6, 6.07) is 18.1. The molecule has 14 heteroatoms. The van der Waals surface area contributed by atoms with Gasteiger partial charge in [-0.05, 0) is 65.9 Å². The van der Waals surface area contributed by atoms with Gasteiger partial charge in [0.2, 0.25) is 5.91 Å². The first kappa shape index (κ1) is 32.9. The van der Waals surface area contributed by atoms with Gasteiger partial charge in [0, 0.05) is 10.0 Å². The smallest absolute Gasteiger partial charge is 0.406 e. The topological polar surface area (TPSA) is 102 Å². The van der Waals surface area contributed by atoms with Crippen molar-refractivity contribution in [3.8, 4) is 22.8 Å². The summed E-state index contributed by atoms with van der Waals surface area (Å²) in [6.45, 7) is 6.24. The minimum absolute atomic E-state index is 0.121. The summed E-state index contributed by atoms with van der Waals surface area (Å²) in [5, 5.41) is 7.51. The average Bonchev–Trinajstić information content (AvgIpc) is 3.63. The molecule has 9 nitrogen and oxygen atoms in total. The van der Waals surface area contributed by atoms with Crippen molar-refractivity contribution in [2.24, 2.45) is 4.99 Å². The molecule has 3 amide bonds. The summed E-state index contributed by atoms with van der Waals surface area (Å²) in [7, 11) is 0. The van der Waals surface area contributed by atoms with Crippen LogP contribution in [-0.4, -0.2) is 50.5 Å². The van der Waals surface area contributed by atoms with Crippen molar-refractivity contribution in [3.63, 3.8) is 0 Å². The van der Waals surface area contributed by atoms with Crippen LogP contribution in [0, 0.1) is 6.92 Å². The van der Waals surface area contributed by atoms with E-state index in [2.05, 4.69) is 54.9 Å². The van der Waals surface area contributed by atoms with Crippen molar-refractivity contribution in [2.45, 2.75) is 33.1 Å². The number of ether oxygens (including phenoxy) is 1. The van der Waals surface area contributed by atoms with Crippen LogP contribution in [0.15, 0.2) is 82.5 Å². The number of aryl methyl sites for hydroxylation is 1. The molecule has 1 aliphatic heterocycles. The second-order valence-electron chi connectivity index (χ2n) is 10.6. The summed E-state index contributed by atoms with van der Waals surface area (Å²) in [5.41, 5.74) is 4.86. The lowest BCUT2D eigenvalue weighted by Crippen LogP contribution is -2.32. The fourth-order valence-electron chi connectivity index (χ4n) is 4.58. The number of thioether (sulfide) groups is 1. The van der Waals surface area contributed by atoms with Crippen molar-refractivity contribution >= 4 is 56.6 Å². The van der Waals surface area contributed by atoms with E-state index in [0.29, 0.717) is 21.2 Å². The van der Waals surface area contributed by atoms with Crippen LogP contribution in [-0.2, 0) is 4.79 Å². The highest BCUT2D eigenvalue weighted by molar-refractivity contribution is 9.11. The van der Waals surface area contributed by atoms with E-state index in [9.17, 15) is 22.8 Å². The fraction of sp³-hybridized carbons (Fsp3) is 0.219. The van der Waals surface area contributed by atoms with Gasteiger partial charge in [-0.2, -0.15) is 4.99 Å². The molecule has 0 radical (unpaired) electrons. The van der Waals surface area contributed by atoms with Gasteiger partial charge in [0.15, 0.2) is 11.0 Å². The highest BCUT2D eigenvalue weighted by Gasteiger charge is 2.33. The number of benzene rings is 3. The number of nitrogens with zero attached hydrogens (tertiary/aromatic N) is 5. The molecule has 3 aromatic carbocycles. The predicted molar refractivity (Wildman–Crippen MR) is 176 cm³/mol. The number of aromatic nitrogens is 3. The molecule has 0 bridgehead atoms. The van der Waals surface area contributed by atoms with E-state index >= 15 is 0 Å². The number of hydrogen-bond acceptors (Lipinski definition) is 6. The standard InChI is InChI=1S/C32H28BrF3N6O3S/c1-19(2)26-13-4-20(3)14-27(26)42-28(43)17-46-31(42)39-30(44)37-16-23(33)15-21-5-7-22(8-6-21)29-38-18-41(40-29)24-9-11-25(12-10-24)45-32(34,35)36/h4-15,18-19H,16-17H2,1-3H3,(H,37,44). The van der Waals surface area contributed by atoms with Crippen molar-refractivity contribution < 1.29 is 27.5 Å². The number of carbonyl (C=O) groups excluding carboxylic acids is 2. The van der Waals surface area contributed by atoms with Gasteiger partial charge in [0.1, 0.15) is 12.1 Å². The number of amides is 3. The Kier molecular flexibility index (Phi) is 9.97. The quantitative estimate of drug-likeness (QED) is 0.200. The van der Waals surface area contributed by atoms with Gasteiger partial charge in [-0.3, -0.25) is 9.69 Å². The molecule has 0 aliphatic carbocycles. The Labute approximate surface area is 275 Å². The zero-order valence-corrected chi connectivity index (χ0v) is 27.3. The maximum Gasteiger partial charge on any atom is 0.573 e. The van der Waals surface area contributed by atoms with Gasteiger partial charge in [-0.1, -0.05) is 77.9 Å². The number of halogens is 4. The number of hydrogen-bond donors (Lipinski definition) is 1. The zero-order chi connectivity index (χ0) is 33.0. The third kappa shape index (κ3) is 8.23. The van der Waals surface area contributed by atoms with Gasteiger partial charge in [0.25, 0.3) is 0 Å². The van der Waals surface area contributed by atoms with Crippen molar-refractivity contribution in [1.82, 2.24) is 20.1 Å². The lowest BCUT2D eigenvalue weighted by Gasteiger charge is -2.22. The van der Waals surface area contributed by atoms with E-state index in [1.807, 2.05) is 55.5 Å². The second-order valence-corrected chi connectivity index (χ2v) is 12.5. The van der Waals surface area contributed by atoms with Crippen LogP contribution in [0.3, 0.4) is 0 Å². The number of amidine groups is 1. The van der Waals surface area contributed by atoms with E-state index in [1.165, 1.54) is 51.9 Å². The monoisotopic (exact) mass is 712 g/mol. The molecule has 0 atom stereocenters. The van der Waals surface area contributed by atoms with Gasteiger partial charge in [-0.15, -0.1) is 18.3 Å². The normalized spacial score (nSPS) is 14.8. The SMILES string of the molecule is Cc1ccc(C(C)C)c(N2C(=O)CSC2=NC(=O)NCC(Br)=Cc2ccc(-c3ncn(-c4ccc(OC(F)(F)F)cc4)n3)cc2)c1. The van der Waals surface area contributed by atoms with Crippen LogP contribution in [0.5, 0.6) is 5.75 Å². The lowest BCUT2D eigenvalue weighted by atomic mass is 9.99. The number of alkyl halides is 3. The highest BCUT2D eigenvalue weighted by Crippen LogP contribution is 2.34. The Morgan fingerprint density at radius 3 is 2.52 bits per heavy atom. The summed E-state index contributed by atoms with van der Waals surface area (Å²) in [5.74, 6) is 0.377. The Hall–Kier alpha value is -4.43. The zero-order valence-electron chi connectivity index (χ0n) is 24.9. The van der Waals surface area contributed by atoms with Crippen LogP contribution in [0.2, 0.25) is 0 Å².